The van der Waals surface area contributed by atoms with Gasteiger partial charge in [0.1, 0.15) is 5.60 Å². The summed E-state index contributed by atoms with van der Waals surface area (Å²) in [6.45, 7) is 4.58. The molecule has 96 valence electrons. The van der Waals surface area contributed by atoms with E-state index in [4.69, 9.17) is 0 Å². The lowest BCUT2D eigenvalue weighted by atomic mass is 9.87. The van der Waals surface area contributed by atoms with E-state index in [9.17, 15) is 5.11 Å². The Morgan fingerprint density at radius 3 is 2.76 bits per heavy atom. The Hall–Kier alpha value is -0.830. The van der Waals surface area contributed by atoms with Crippen LogP contribution in [0.15, 0.2) is 12.3 Å². The molecule has 0 aromatic carbocycles. The molecule has 1 aliphatic rings. The SMILES string of the molecule is CC(C)C1CCCC(O)(c2ccnn2C)CC1. The van der Waals surface area contributed by atoms with E-state index in [1.165, 1.54) is 6.42 Å². The number of aliphatic hydroxyl groups is 1. The monoisotopic (exact) mass is 236 g/mol. The van der Waals surface area contributed by atoms with Crippen LogP contribution in [0.5, 0.6) is 0 Å². The maximum Gasteiger partial charge on any atom is 0.106 e. The van der Waals surface area contributed by atoms with Gasteiger partial charge in [-0.25, -0.2) is 0 Å². The minimum absolute atomic E-state index is 0.658. The summed E-state index contributed by atoms with van der Waals surface area (Å²) >= 11 is 0. The Labute approximate surface area is 104 Å². The molecule has 3 heteroatoms. The average molecular weight is 236 g/mol. The zero-order chi connectivity index (χ0) is 12.5. The lowest BCUT2D eigenvalue weighted by Crippen LogP contribution is -2.28. The summed E-state index contributed by atoms with van der Waals surface area (Å²) in [4.78, 5) is 0. The van der Waals surface area contributed by atoms with Crippen LogP contribution < -0.4 is 0 Å². The zero-order valence-electron chi connectivity index (χ0n) is 11.2. The van der Waals surface area contributed by atoms with Crippen LogP contribution in [0.1, 0.15) is 51.6 Å². The second-order valence-corrected chi connectivity index (χ2v) is 5.81. The minimum atomic E-state index is -0.658. The molecule has 1 fully saturated rings. The molecule has 0 aliphatic heterocycles. The predicted molar refractivity (Wildman–Crippen MR) is 68.5 cm³/mol. The van der Waals surface area contributed by atoms with Gasteiger partial charge in [0, 0.05) is 13.2 Å². The van der Waals surface area contributed by atoms with E-state index in [0.29, 0.717) is 0 Å². The maximum absolute atomic E-state index is 10.8. The van der Waals surface area contributed by atoms with Crippen molar-refractivity contribution in [2.75, 3.05) is 0 Å². The molecular weight excluding hydrogens is 212 g/mol. The fourth-order valence-corrected chi connectivity index (χ4v) is 3.10. The van der Waals surface area contributed by atoms with Gasteiger partial charge in [-0.15, -0.1) is 0 Å². The van der Waals surface area contributed by atoms with E-state index in [2.05, 4.69) is 18.9 Å². The number of hydrogen-bond donors (Lipinski definition) is 1. The highest BCUT2D eigenvalue weighted by Gasteiger charge is 2.35. The first-order chi connectivity index (χ1) is 8.03. The first-order valence-corrected chi connectivity index (χ1v) is 6.74. The zero-order valence-corrected chi connectivity index (χ0v) is 11.2. The van der Waals surface area contributed by atoms with E-state index in [1.54, 1.807) is 6.20 Å². The summed E-state index contributed by atoms with van der Waals surface area (Å²) < 4.78 is 1.82. The molecule has 3 nitrogen and oxygen atoms in total. The number of nitrogens with zero attached hydrogens (tertiary/aromatic N) is 2. The molecule has 1 N–H and O–H groups in total. The third-order valence-corrected chi connectivity index (χ3v) is 4.33. The third-order valence-electron chi connectivity index (χ3n) is 4.33. The van der Waals surface area contributed by atoms with Crippen LogP contribution in [0.25, 0.3) is 0 Å². The van der Waals surface area contributed by atoms with Crippen molar-refractivity contribution < 1.29 is 5.11 Å². The van der Waals surface area contributed by atoms with E-state index >= 15 is 0 Å². The van der Waals surface area contributed by atoms with Gasteiger partial charge >= 0.3 is 0 Å². The Kier molecular flexibility index (Phi) is 3.57. The highest BCUT2D eigenvalue weighted by molar-refractivity contribution is 5.12. The van der Waals surface area contributed by atoms with Gasteiger partial charge in [-0.2, -0.15) is 5.10 Å². The molecule has 2 atom stereocenters. The molecule has 0 saturated heterocycles. The normalized spacial score (nSPS) is 30.5. The van der Waals surface area contributed by atoms with E-state index in [-0.39, 0.29) is 0 Å². The number of aromatic nitrogens is 2. The Morgan fingerprint density at radius 2 is 2.18 bits per heavy atom. The minimum Gasteiger partial charge on any atom is -0.384 e. The van der Waals surface area contributed by atoms with Crippen LogP contribution in [0.3, 0.4) is 0 Å². The van der Waals surface area contributed by atoms with Gasteiger partial charge in [-0.05, 0) is 43.6 Å². The molecular formula is C14H24N2O. The molecule has 2 unspecified atom stereocenters. The van der Waals surface area contributed by atoms with Crippen molar-refractivity contribution in [2.45, 2.75) is 51.6 Å². The summed E-state index contributed by atoms with van der Waals surface area (Å²) in [5.74, 6) is 1.49. The summed E-state index contributed by atoms with van der Waals surface area (Å²) in [7, 11) is 1.91. The topological polar surface area (TPSA) is 38.1 Å². The van der Waals surface area contributed by atoms with E-state index in [0.717, 1.165) is 43.2 Å². The van der Waals surface area contributed by atoms with Gasteiger partial charge in [0.05, 0.1) is 5.69 Å². The van der Waals surface area contributed by atoms with Gasteiger partial charge in [0.25, 0.3) is 0 Å². The standard InChI is InChI=1S/C14H24N2O/c1-11(2)12-5-4-8-14(17,9-6-12)13-7-10-15-16(13)3/h7,10-12,17H,4-6,8-9H2,1-3H3. The van der Waals surface area contributed by atoms with Crippen LogP contribution in [-0.2, 0) is 12.6 Å². The number of aryl methyl sites for hydroxylation is 1. The highest BCUT2D eigenvalue weighted by atomic mass is 16.3. The Balaban J connectivity index is 2.15. The molecule has 0 radical (unpaired) electrons. The van der Waals surface area contributed by atoms with Gasteiger partial charge in [0.15, 0.2) is 0 Å². The van der Waals surface area contributed by atoms with E-state index in [1.807, 2.05) is 17.8 Å². The third kappa shape index (κ3) is 2.54. The van der Waals surface area contributed by atoms with Gasteiger partial charge in [-0.3, -0.25) is 4.68 Å². The van der Waals surface area contributed by atoms with Crippen LogP contribution in [0, 0.1) is 11.8 Å². The van der Waals surface area contributed by atoms with Gasteiger partial charge in [-0.1, -0.05) is 20.3 Å². The molecule has 0 spiro atoms. The number of rotatable bonds is 2. The van der Waals surface area contributed by atoms with Crippen molar-refractivity contribution >= 4 is 0 Å². The lowest BCUT2D eigenvalue weighted by Gasteiger charge is -2.27. The predicted octanol–water partition coefficient (Wildman–Crippen LogP) is 2.84. The molecule has 1 saturated carbocycles. The first-order valence-electron chi connectivity index (χ1n) is 6.74. The molecule has 0 bridgehead atoms. The van der Waals surface area contributed by atoms with Crippen LogP contribution >= 0.6 is 0 Å². The van der Waals surface area contributed by atoms with Crippen molar-refractivity contribution in [1.82, 2.24) is 9.78 Å². The summed E-state index contributed by atoms with van der Waals surface area (Å²) in [6, 6.07) is 1.95. The average Bonchev–Trinajstić information content (AvgIpc) is 2.59. The lowest BCUT2D eigenvalue weighted by molar-refractivity contribution is 0.0113. The smallest absolute Gasteiger partial charge is 0.106 e. The van der Waals surface area contributed by atoms with Crippen molar-refractivity contribution in [1.29, 1.82) is 0 Å². The number of hydrogen-bond acceptors (Lipinski definition) is 2. The Bertz CT molecular complexity index is 372. The highest BCUT2D eigenvalue weighted by Crippen LogP contribution is 2.39. The van der Waals surface area contributed by atoms with Crippen molar-refractivity contribution in [3.05, 3.63) is 18.0 Å². The van der Waals surface area contributed by atoms with Gasteiger partial charge in [0.2, 0.25) is 0 Å². The van der Waals surface area contributed by atoms with Crippen molar-refractivity contribution in [3.8, 4) is 0 Å². The maximum atomic E-state index is 10.8. The Morgan fingerprint density at radius 1 is 1.41 bits per heavy atom. The molecule has 2 rings (SSSR count). The molecule has 1 aromatic rings. The van der Waals surface area contributed by atoms with Crippen molar-refractivity contribution in [3.63, 3.8) is 0 Å². The largest absolute Gasteiger partial charge is 0.384 e. The molecule has 0 amide bonds. The van der Waals surface area contributed by atoms with Crippen LogP contribution in [0.4, 0.5) is 0 Å². The summed E-state index contributed by atoms with van der Waals surface area (Å²) in [6.07, 6.45) is 7.00. The molecule has 1 heterocycles. The fraction of sp³-hybridized carbons (Fsp3) is 0.786. The first kappa shape index (κ1) is 12.6. The summed E-state index contributed by atoms with van der Waals surface area (Å²) in [5.41, 5.74) is 0.316. The summed E-state index contributed by atoms with van der Waals surface area (Å²) in [5, 5.41) is 15.0. The molecule has 1 aromatic heterocycles. The van der Waals surface area contributed by atoms with E-state index < -0.39 is 5.60 Å². The molecule has 1 aliphatic carbocycles. The van der Waals surface area contributed by atoms with Crippen LogP contribution in [-0.4, -0.2) is 14.9 Å². The van der Waals surface area contributed by atoms with Crippen molar-refractivity contribution in [2.24, 2.45) is 18.9 Å². The fourth-order valence-electron chi connectivity index (χ4n) is 3.10. The van der Waals surface area contributed by atoms with Crippen LogP contribution in [0.2, 0.25) is 0 Å². The second-order valence-electron chi connectivity index (χ2n) is 5.81. The quantitative estimate of drug-likeness (QED) is 0.802. The molecule has 17 heavy (non-hydrogen) atoms. The van der Waals surface area contributed by atoms with Gasteiger partial charge < -0.3 is 5.11 Å². The second kappa shape index (κ2) is 4.81.